The fourth-order valence-corrected chi connectivity index (χ4v) is 3.34. The number of hydrogen-bond acceptors (Lipinski definition) is 3. The Balaban J connectivity index is 1.82. The highest BCUT2D eigenvalue weighted by molar-refractivity contribution is 5.85. The van der Waals surface area contributed by atoms with E-state index in [4.69, 9.17) is 9.98 Å². The van der Waals surface area contributed by atoms with Crippen LogP contribution >= 0.6 is 0 Å². The van der Waals surface area contributed by atoms with Gasteiger partial charge in [-0.3, -0.25) is 4.98 Å². The van der Waals surface area contributed by atoms with E-state index in [2.05, 4.69) is 53.2 Å². The van der Waals surface area contributed by atoms with Gasteiger partial charge in [0.25, 0.3) is 0 Å². The van der Waals surface area contributed by atoms with E-state index in [0.29, 0.717) is 0 Å². The van der Waals surface area contributed by atoms with Crippen LogP contribution in [-0.4, -0.2) is 39.2 Å². The summed E-state index contributed by atoms with van der Waals surface area (Å²) in [5.74, 6) is 1.03. The summed E-state index contributed by atoms with van der Waals surface area (Å²) in [6.45, 7) is 8.03. The van der Waals surface area contributed by atoms with Gasteiger partial charge in [0.1, 0.15) is 11.5 Å². The van der Waals surface area contributed by atoms with Gasteiger partial charge in [0.2, 0.25) is 0 Å². The molecular formula is C23H29N5. The number of fused-ring (bicyclic) bond motifs is 1. The summed E-state index contributed by atoms with van der Waals surface area (Å²) in [6.07, 6.45) is 11.4. The van der Waals surface area contributed by atoms with Gasteiger partial charge in [-0.2, -0.15) is 0 Å². The number of amidine groups is 1. The molecule has 0 unspecified atom stereocenters. The summed E-state index contributed by atoms with van der Waals surface area (Å²) < 4.78 is 2.13. The van der Waals surface area contributed by atoms with Crippen LogP contribution in [0.4, 0.5) is 5.69 Å². The summed E-state index contributed by atoms with van der Waals surface area (Å²) in [5.41, 5.74) is 6.52. The molecule has 3 rings (SSSR count). The molecular weight excluding hydrogens is 346 g/mol. The smallest absolute Gasteiger partial charge is 0.139 e. The Hall–Kier alpha value is -2.95. The third-order valence-corrected chi connectivity index (χ3v) is 4.74. The minimum absolute atomic E-state index is 0.824. The second kappa shape index (κ2) is 8.83. The first-order valence-corrected chi connectivity index (χ1v) is 9.72. The lowest BCUT2D eigenvalue weighted by Gasteiger charge is -2.16. The van der Waals surface area contributed by atoms with Crippen LogP contribution in [0.2, 0.25) is 0 Å². The van der Waals surface area contributed by atoms with Crippen LogP contribution in [0.15, 0.2) is 54.4 Å². The molecule has 0 aliphatic rings. The molecule has 28 heavy (non-hydrogen) atoms. The lowest BCUT2D eigenvalue weighted by Crippen LogP contribution is -2.22. The second-order valence-corrected chi connectivity index (χ2v) is 7.38. The highest BCUT2D eigenvalue weighted by Gasteiger charge is 2.10. The normalized spacial score (nSPS) is 11.8. The van der Waals surface area contributed by atoms with Gasteiger partial charge in [-0.15, -0.1) is 6.58 Å². The standard InChI is InChI=1S/C23H29N5/c1-6-7-9-20-21(10-8-13-24-20)26-22(27(4)5)12-11-19-16-28-15-17(2)14-18(3)23(28)25-19/h6,8,10,13-16H,1,7,9,11-12H2,2-5H3. The van der Waals surface area contributed by atoms with Crippen molar-refractivity contribution in [1.29, 1.82) is 0 Å². The number of aryl methyl sites for hydroxylation is 4. The number of hydrogen-bond donors (Lipinski definition) is 0. The van der Waals surface area contributed by atoms with Gasteiger partial charge >= 0.3 is 0 Å². The Bertz CT molecular complexity index is 997. The molecule has 0 N–H and O–H groups in total. The molecule has 5 heteroatoms. The van der Waals surface area contributed by atoms with Gasteiger partial charge < -0.3 is 9.30 Å². The molecule has 0 aromatic carbocycles. The van der Waals surface area contributed by atoms with Gasteiger partial charge in [0.05, 0.1) is 17.1 Å². The molecule has 0 fully saturated rings. The minimum Gasteiger partial charge on any atom is -0.366 e. The zero-order valence-electron chi connectivity index (χ0n) is 17.3. The molecule has 3 heterocycles. The summed E-state index contributed by atoms with van der Waals surface area (Å²) >= 11 is 0. The van der Waals surface area contributed by atoms with Crippen molar-refractivity contribution in [2.45, 2.75) is 39.5 Å². The largest absolute Gasteiger partial charge is 0.366 e. The van der Waals surface area contributed by atoms with Crippen molar-refractivity contribution in [2.24, 2.45) is 4.99 Å². The van der Waals surface area contributed by atoms with Crippen LogP contribution in [0, 0.1) is 13.8 Å². The van der Waals surface area contributed by atoms with Gasteiger partial charge in [-0.05, 0) is 56.4 Å². The maximum Gasteiger partial charge on any atom is 0.139 e. The van der Waals surface area contributed by atoms with Crippen LogP contribution in [0.25, 0.3) is 5.65 Å². The number of nitrogens with zero attached hydrogens (tertiary/aromatic N) is 5. The van der Waals surface area contributed by atoms with E-state index in [1.54, 1.807) is 0 Å². The molecule has 0 spiro atoms. The average Bonchev–Trinajstić information content (AvgIpc) is 3.07. The summed E-state index contributed by atoms with van der Waals surface area (Å²) in [4.78, 5) is 16.3. The quantitative estimate of drug-likeness (QED) is 0.342. The fourth-order valence-electron chi connectivity index (χ4n) is 3.34. The van der Waals surface area contributed by atoms with Crippen molar-refractivity contribution in [2.75, 3.05) is 14.1 Å². The highest BCUT2D eigenvalue weighted by atomic mass is 15.1. The number of aliphatic imine (C=N–C) groups is 1. The van der Waals surface area contributed by atoms with Crippen molar-refractivity contribution in [3.05, 3.63) is 72.0 Å². The van der Waals surface area contributed by atoms with Crippen LogP contribution in [0.5, 0.6) is 0 Å². The van der Waals surface area contributed by atoms with Gasteiger partial charge in [-0.25, -0.2) is 9.98 Å². The van der Waals surface area contributed by atoms with Crippen molar-refractivity contribution in [3.63, 3.8) is 0 Å². The lowest BCUT2D eigenvalue weighted by molar-refractivity contribution is 0.601. The Labute approximate surface area is 167 Å². The molecule has 0 saturated carbocycles. The Morgan fingerprint density at radius 3 is 2.82 bits per heavy atom. The molecule has 3 aromatic rings. The molecule has 3 aromatic heterocycles. The zero-order valence-corrected chi connectivity index (χ0v) is 17.3. The van der Waals surface area contributed by atoms with E-state index in [0.717, 1.165) is 54.2 Å². The molecule has 0 aliphatic carbocycles. The third kappa shape index (κ3) is 4.66. The summed E-state index contributed by atoms with van der Waals surface area (Å²) in [5, 5.41) is 0. The summed E-state index contributed by atoms with van der Waals surface area (Å²) in [6, 6.07) is 6.15. The molecule has 0 amide bonds. The predicted molar refractivity (Wildman–Crippen MR) is 117 cm³/mol. The Morgan fingerprint density at radius 2 is 2.07 bits per heavy atom. The SMILES string of the molecule is C=CCCc1ncccc1N=C(CCc1cn2cc(C)cc(C)c2n1)N(C)C. The van der Waals surface area contributed by atoms with Crippen molar-refractivity contribution < 1.29 is 0 Å². The van der Waals surface area contributed by atoms with Crippen molar-refractivity contribution in [1.82, 2.24) is 19.3 Å². The molecule has 5 nitrogen and oxygen atoms in total. The second-order valence-electron chi connectivity index (χ2n) is 7.38. The van der Waals surface area contributed by atoms with E-state index >= 15 is 0 Å². The van der Waals surface area contributed by atoms with Gasteiger partial charge in [-0.1, -0.05) is 12.1 Å². The third-order valence-electron chi connectivity index (χ3n) is 4.74. The van der Waals surface area contributed by atoms with Crippen LogP contribution in [0.3, 0.4) is 0 Å². The molecule has 0 radical (unpaired) electrons. The maximum absolute atomic E-state index is 4.92. The number of rotatable bonds is 7. The fraction of sp³-hybridized carbons (Fsp3) is 0.348. The molecule has 0 saturated heterocycles. The molecule has 0 bridgehead atoms. The number of pyridine rings is 2. The van der Waals surface area contributed by atoms with Gasteiger partial charge in [0, 0.05) is 39.1 Å². The topological polar surface area (TPSA) is 45.8 Å². The van der Waals surface area contributed by atoms with Crippen LogP contribution in [-0.2, 0) is 12.8 Å². The van der Waals surface area contributed by atoms with E-state index in [1.807, 2.05) is 38.5 Å². The van der Waals surface area contributed by atoms with Gasteiger partial charge in [0.15, 0.2) is 0 Å². The molecule has 0 aliphatic heterocycles. The van der Waals surface area contributed by atoms with Crippen molar-refractivity contribution >= 4 is 17.2 Å². The first kappa shape index (κ1) is 19.8. The number of imidazole rings is 1. The summed E-state index contributed by atoms with van der Waals surface area (Å²) in [7, 11) is 4.07. The molecule has 0 atom stereocenters. The number of aromatic nitrogens is 3. The minimum atomic E-state index is 0.824. The Kier molecular flexibility index (Phi) is 6.24. The van der Waals surface area contributed by atoms with Crippen molar-refractivity contribution in [3.8, 4) is 0 Å². The van der Waals surface area contributed by atoms with E-state index in [9.17, 15) is 0 Å². The van der Waals surface area contributed by atoms with E-state index < -0.39 is 0 Å². The number of allylic oxidation sites excluding steroid dienone is 1. The first-order chi connectivity index (χ1) is 13.5. The lowest BCUT2D eigenvalue weighted by atomic mass is 10.2. The highest BCUT2D eigenvalue weighted by Crippen LogP contribution is 2.20. The zero-order chi connectivity index (χ0) is 20.1. The average molecular weight is 376 g/mol. The first-order valence-electron chi connectivity index (χ1n) is 9.72. The predicted octanol–water partition coefficient (Wildman–Crippen LogP) is 4.69. The van der Waals surface area contributed by atoms with E-state index in [-0.39, 0.29) is 0 Å². The molecule has 146 valence electrons. The monoisotopic (exact) mass is 375 g/mol. The maximum atomic E-state index is 4.92. The van der Waals surface area contributed by atoms with E-state index in [1.165, 1.54) is 11.1 Å². The van der Waals surface area contributed by atoms with Crippen LogP contribution < -0.4 is 0 Å². The Morgan fingerprint density at radius 1 is 1.25 bits per heavy atom. The van der Waals surface area contributed by atoms with Crippen LogP contribution in [0.1, 0.15) is 35.4 Å².